The Kier molecular flexibility index (Phi) is 7.90. The van der Waals surface area contributed by atoms with Crippen LogP contribution >= 0.6 is 0 Å². The van der Waals surface area contributed by atoms with Gasteiger partial charge in [0.05, 0.1) is 7.11 Å². The Morgan fingerprint density at radius 1 is 1.22 bits per heavy atom. The first-order chi connectivity index (χ1) is 11.3. The smallest absolute Gasteiger partial charge is 0.220 e. The molecule has 0 atom stereocenters. The van der Waals surface area contributed by atoms with E-state index in [0.717, 1.165) is 64.3 Å². The maximum Gasteiger partial charge on any atom is 0.220 e. The summed E-state index contributed by atoms with van der Waals surface area (Å²) in [5, 5.41) is 6.37. The van der Waals surface area contributed by atoms with Crippen LogP contribution in [0.5, 0.6) is 5.75 Å². The minimum absolute atomic E-state index is 0.166. The SMILES string of the molecule is COc1ccc(CCCC(=O)NCCCN2CCNCC2)cc1. The Morgan fingerprint density at radius 2 is 1.96 bits per heavy atom. The largest absolute Gasteiger partial charge is 0.497 e. The molecular formula is C18H29N3O2. The van der Waals surface area contributed by atoms with E-state index >= 15 is 0 Å². The molecule has 5 heteroatoms. The molecule has 0 unspecified atom stereocenters. The lowest BCUT2D eigenvalue weighted by molar-refractivity contribution is -0.121. The molecule has 1 heterocycles. The molecule has 0 spiro atoms. The quantitative estimate of drug-likeness (QED) is 0.676. The van der Waals surface area contributed by atoms with Gasteiger partial charge in [-0.15, -0.1) is 0 Å². The van der Waals surface area contributed by atoms with Crippen LogP contribution in [0.2, 0.25) is 0 Å². The Labute approximate surface area is 139 Å². The molecule has 1 aromatic rings. The van der Waals surface area contributed by atoms with E-state index in [-0.39, 0.29) is 5.91 Å². The molecule has 0 aromatic heterocycles. The molecule has 5 nitrogen and oxygen atoms in total. The minimum atomic E-state index is 0.166. The maximum atomic E-state index is 11.8. The summed E-state index contributed by atoms with van der Waals surface area (Å²) in [6.07, 6.45) is 3.44. The molecule has 2 N–H and O–H groups in total. The van der Waals surface area contributed by atoms with Crippen molar-refractivity contribution in [1.29, 1.82) is 0 Å². The van der Waals surface area contributed by atoms with E-state index in [2.05, 4.69) is 27.7 Å². The van der Waals surface area contributed by atoms with Crippen LogP contribution < -0.4 is 15.4 Å². The van der Waals surface area contributed by atoms with Gasteiger partial charge in [0.25, 0.3) is 0 Å². The van der Waals surface area contributed by atoms with E-state index in [1.807, 2.05) is 12.1 Å². The van der Waals surface area contributed by atoms with E-state index in [4.69, 9.17) is 4.74 Å². The molecule has 1 aromatic carbocycles. The predicted octanol–water partition coefficient (Wildman–Crippen LogP) is 1.43. The summed E-state index contributed by atoms with van der Waals surface area (Å²) in [6, 6.07) is 8.05. The Bertz CT molecular complexity index is 456. The highest BCUT2D eigenvalue weighted by atomic mass is 16.5. The highest BCUT2D eigenvalue weighted by molar-refractivity contribution is 5.75. The zero-order chi connectivity index (χ0) is 16.3. The molecule has 0 saturated carbocycles. The van der Waals surface area contributed by atoms with Gasteiger partial charge in [-0.2, -0.15) is 0 Å². The van der Waals surface area contributed by atoms with E-state index in [9.17, 15) is 4.79 Å². The van der Waals surface area contributed by atoms with E-state index in [1.165, 1.54) is 5.56 Å². The number of nitrogens with zero attached hydrogens (tertiary/aromatic N) is 1. The lowest BCUT2D eigenvalue weighted by Crippen LogP contribution is -2.44. The lowest BCUT2D eigenvalue weighted by Gasteiger charge is -2.27. The van der Waals surface area contributed by atoms with Crippen LogP contribution in [0.15, 0.2) is 24.3 Å². The number of amides is 1. The number of ether oxygens (including phenoxy) is 1. The summed E-state index contributed by atoms with van der Waals surface area (Å²) < 4.78 is 5.14. The second kappa shape index (κ2) is 10.2. The first-order valence-electron chi connectivity index (χ1n) is 8.60. The number of piperazine rings is 1. The lowest BCUT2D eigenvalue weighted by atomic mass is 10.1. The summed E-state index contributed by atoms with van der Waals surface area (Å²) in [5.74, 6) is 1.04. The minimum Gasteiger partial charge on any atom is -0.497 e. The van der Waals surface area contributed by atoms with Crippen molar-refractivity contribution in [2.24, 2.45) is 0 Å². The topological polar surface area (TPSA) is 53.6 Å². The molecule has 0 aliphatic carbocycles. The number of hydrogen-bond donors (Lipinski definition) is 2. The number of methoxy groups -OCH3 is 1. The number of carbonyl (C=O) groups is 1. The fourth-order valence-electron chi connectivity index (χ4n) is 2.80. The Hall–Kier alpha value is -1.59. The van der Waals surface area contributed by atoms with Crippen LogP contribution in [0.3, 0.4) is 0 Å². The average molecular weight is 319 g/mol. The number of nitrogens with one attached hydrogen (secondary N) is 2. The predicted molar refractivity (Wildman–Crippen MR) is 92.9 cm³/mol. The van der Waals surface area contributed by atoms with Gasteiger partial charge in [0, 0.05) is 39.1 Å². The first kappa shape index (κ1) is 17.8. The Morgan fingerprint density at radius 3 is 2.65 bits per heavy atom. The van der Waals surface area contributed by atoms with Crippen LogP contribution in [0.1, 0.15) is 24.8 Å². The highest BCUT2D eigenvalue weighted by Gasteiger charge is 2.08. The van der Waals surface area contributed by atoms with Gasteiger partial charge >= 0.3 is 0 Å². The van der Waals surface area contributed by atoms with Gasteiger partial charge in [-0.25, -0.2) is 0 Å². The highest BCUT2D eigenvalue weighted by Crippen LogP contribution is 2.13. The molecular weight excluding hydrogens is 290 g/mol. The molecule has 0 radical (unpaired) electrons. The third kappa shape index (κ3) is 7.01. The van der Waals surface area contributed by atoms with Crippen molar-refractivity contribution in [2.45, 2.75) is 25.7 Å². The monoisotopic (exact) mass is 319 g/mol. The zero-order valence-electron chi connectivity index (χ0n) is 14.1. The molecule has 1 saturated heterocycles. The normalized spacial score (nSPS) is 15.3. The van der Waals surface area contributed by atoms with E-state index in [1.54, 1.807) is 7.11 Å². The number of hydrogen-bond acceptors (Lipinski definition) is 4. The van der Waals surface area contributed by atoms with Crippen molar-refractivity contribution in [3.63, 3.8) is 0 Å². The number of rotatable bonds is 9. The summed E-state index contributed by atoms with van der Waals surface area (Å²) in [6.45, 7) is 6.26. The van der Waals surface area contributed by atoms with Crippen molar-refractivity contribution in [2.75, 3.05) is 46.4 Å². The second-order valence-corrected chi connectivity index (χ2v) is 6.00. The van der Waals surface area contributed by atoms with Gasteiger partial charge in [-0.3, -0.25) is 4.79 Å². The fraction of sp³-hybridized carbons (Fsp3) is 0.611. The van der Waals surface area contributed by atoms with E-state index < -0.39 is 0 Å². The summed E-state index contributed by atoms with van der Waals surface area (Å²) in [4.78, 5) is 14.3. The van der Waals surface area contributed by atoms with Gasteiger partial charge in [0.2, 0.25) is 5.91 Å². The van der Waals surface area contributed by atoms with Crippen molar-refractivity contribution in [1.82, 2.24) is 15.5 Å². The number of benzene rings is 1. The van der Waals surface area contributed by atoms with Crippen molar-refractivity contribution in [3.8, 4) is 5.75 Å². The van der Waals surface area contributed by atoms with Crippen molar-refractivity contribution >= 4 is 5.91 Å². The summed E-state index contributed by atoms with van der Waals surface area (Å²) in [7, 11) is 1.67. The van der Waals surface area contributed by atoms with Crippen LogP contribution in [0.25, 0.3) is 0 Å². The molecule has 128 valence electrons. The number of carbonyl (C=O) groups excluding carboxylic acids is 1. The van der Waals surface area contributed by atoms with Crippen LogP contribution in [0, 0.1) is 0 Å². The van der Waals surface area contributed by atoms with Gasteiger partial charge < -0.3 is 20.3 Å². The van der Waals surface area contributed by atoms with Crippen LogP contribution in [-0.2, 0) is 11.2 Å². The van der Waals surface area contributed by atoms with E-state index in [0.29, 0.717) is 6.42 Å². The summed E-state index contributed by atoms with van der Waals surface area (Å²) in [5.41, 5.74) is 1.25. The maximum absolute atomic E-state index is 11.8. The molecule has 2 rings (SSSR count). The standard InChI is InChI=1S/C18H29N3O2/c1-23-17-8-6-16(7-9-17)4-2-5-18(22)20-10-3-13-21-14-11-19-12-15-21/h6-9,19H,2-5,10-15H2,1H3,(H,20,22). The molecule has 1 aliphatic heterocycles. The average Bonchev–Trinajstić information content (AvgIpc) is 2.60. The third-order valence-electron chi connectivity index (χ3n) is 4.21. The van der Waals surface area contributed by atoms with Gasteiger partial charge in [0.1, 0.15) is 5.75 Å². The molecule has 1 aliphatic rings. The van der Waals surface area contributed by atoms with Gasteiger partial charge in [0.15, 0.2) is 0 Å². The van der Waals surface area contributed by atoms with Gasteiger partial charge in [-0.05, 0) is 43.5 Å². The van der Waals surface area contributed by atoms with Crippen molar-refractivity contribution < 1.29 is 9.53 Å². The summed E-state index contributed by atoms with van der Waals surface area (Å²) >= 11 is 0. The van der Waals surface area contributed by atoms with Crippen molar-refractivity contribution in [3.05, 3.63) is 29.8 Å². The number of aryl methyl sites for hydroxylation is 1. The van der Waals surface area contributed by atoms with Crippen LogP contribution in [0.4, 0.5) is 0 Å². The Balaban J connectivity index is 1.50. The first-order valence-corrected chi connectivity index (χ1v) is 8.60. The molecule has 0 bridgehead atoms. The fourth-order valence-corrected chi connectivity index (χ4v) is 2.80. The molecule has 23 heavy (non-hydrogen) atoms. The molecule has 1 amide bonds. The molecule has 1 fully saturated rings. The zero-order valence-corrected chi connectivity index (χ0v) is 14.1. The third-order valence-corrected chi connectivity index (χ3v) is 4.21. The van der Waals surface area contributed by atoms with Gasteiger partial charge in [-0.1, -0.05) is 12.1 Å². The second-order valence-electron chi connectivity index (χ2n) is 6.00. The van der Waals surface area contributed by atoms with Crippen LogP contribution in [-0.4, -0.2) is 57.2 Å².